The fourth-order valence-corrected chi connectivity index (χ4v) is 3.28. The molecule has 1 aliphatic carbocycles. The molecule has 0 aromatic heterocycles. The molecule has 0 unspecified atom stereocenters. The molecule has 21 heavy (non-hydrogen) atoms. The molecular formula is C16H19BrN2O2. The van der Waals surface area contributed by atoms with Gasteiger partial charge in [0.2, 0.25) is 5.91 Å². The molecule has 0 bridgehead atoms. The number of hydrogen-bond acceptors (Lipinski definition) is 3. The fourth-order valence-electron chi connectivity index (χ4n) is 2.70. The van der Waals surface area contributed by atoms with Crippen molar-refractivity contribution < 1.29 is 9.53 Å². The monoisotopic (exact) mass is 350 g/mol. The lowest BCUT2D eigenvalue weighted by Gasteiger charge is -2.21. The van der Waals surface area contributed by atoms with Gasteiger partial charge in [-0.3, -0.25) is 4.79 Å². The second-order valence-corrected chi connectivity index (χ2v) is 6.27. The molecular weight excluding hydrogens is 332 g/mol. The first-order chi connectivity index (χ1) is 10.1. The Bertz CT molecular complexity index is 560. The molecule has 1 aromatic rings. The van der Waals surface area contributed by atoms with Gasteiger partial charge in [0.25, 0.3) is 0 Å². The number of nitriles is 1. The predicted octanol–water partition coefficient (Wildman–Crippen LogP) is 3.34. The summed E-state index contributed by atoms with van der Waals surface area (Å²) >= 11 is 3.44. The van der Waals surface area contributed by atoms with Crippen molar-refractivity contribution in [1.82, 2.24) is 5.32 Å². The third kappa shape index (κ3) is 3.98. The second-order valence-electron chi connectivity index (χ2n) is 5.42. The van der Waals surface area contributed by atoms with Crippen molar-refractivity contribution in [3.63, 3.8) is 0 Å². The summed E-state index contributed by atoms with van der Waals surface area (Å²) in [6.45, 7) is 0. The van der Waals surface area contributed by atoms with E-state index in [1.54, 1.807) is 7.11 Å². The van der Waals surface area contributed by atoms with Crippen LogP contribution in [0.5, 0.6) is 5.75 Å². The highest BCUT2D eigenvalue weighted by Gasteiger charge is 2.35. The molecule has 0 aliphatic heterocycles. The number of ether oxygens (including phenoxy) is 1. The molecule has 1 aromatic carbocycles. The molecule has 0 radical (unpaired) electrons. The van der Waals surface area contributed by atoms with E-state index in [0.717, 1.165) is 41.5 Å². The van der Waals surface area contributed by atoms with E-state index in [0.29, 0.717) is 12.8 Å². The Morgan fingerprint density at radius 3 is 2.76 bits per heavy atom. The van der Waals surface area contributed by atoms with Gasteiger partial charge in [-0.05, 0) is 65.7 Å². The van der Waals surface area contributed by atoms with Gasteiger partial charge in [-0.1, -0.05) is 6.07 Å². The van der Waals surface area contributed by atoms with Gasteiger partial charge in [-0.25, -0.2) is 0 Å². The molecule has 1 amide bonds. The van der Waals surface area contributed by atoms with Gasteiger partial charge in [0, 0.05) is 6.42 Å². The van der Waals surface area contributed by atoms with Gasteiger partial charge in [0.05, 0.1) is 17.7 Å². The lowest BCUT2D eigenvalue weighted by molar-refractivity contribution is -0.122. The van der Waals surface area contributed by atoms with Gasteiger partial charge in [-0.15, -0.1) is 0 Å². The molecule has 0 atom stereocenters. The molecule has 1 fully saturated rings. The average Bonchev–Trinajstić information content (AvgIpc) is 2.94. The van der Waals surface area contributed by atoms with E-state index < -0.39 is 5.54 Å². The van der Waals surface area contributed by atoms with E-state index >= 15 is 0 Å². The van der Waals surface area contributed by atoms with E-state index in [4.69, 9.17) is 4.74 Å². The van der Waals surface area contributed by atoms with Crippen LogP contribution in [0, 0.1) is 11.3 Å². The van der Waals surface area contributed by atoms with Crippen molar-refractivity contribution in [3.05, 3.63) is 28.2 Å². The molecule has 0 saturated heterocycles. The summed E-state index contributed by atoms with van der Waals surface area (Å²) in [5.74, 6) is 0.725. The zero-order chi connectivity index (χ0) is 15.3. The van der Waals surface area contributed by atoms with Crippen molar-refractivity contribution in [1.29, 1.82) is 5.26 Å². The van der Waals surface area contributed by atoms with Crippen LogP contribution in [-0.2, 0) is 11.2 Å². The highest BCUT2D eigenvalue weighted by atomic mass is 79.9. The smallest absolute Gasteiger partial charge is 0.221 e. The lowest BCUT2D eigenvalue weighted by atomic mass is 9.99. The van der Waals surface area contributed by atoms with Gasteiger partial charge in [-0.2, -0.15) is 5.26 Å². The van der Waals surface area contributed by atoms with Crippen LogP contribution >= 0.6 is 15.9 Å². The Balaban J connectivity index is 1.89. The van der Waals surface area contributed by atoms with E-state index in [1.807, 2.05) is 18.2 Å². The maximum absolute atomic E-state index is 12.0. The van der Waals surface area contributed by atoms with Gasteiger partial charge < -0.3 is 10.1 Å². The number of aryl methyl sites for hydroxylation is 1. The quantitative estimate of drug-likeness (QED) is 0.885. The summed E-state index contributed by atoms with van der Waals surface area (Å²) in [6.07, 6.45) is 4.60. The minimum atomic E-state index is -0.627. The molecule has 0 spiro atoms. The van der Waals surface area contributed by atoms with Crippen molar-refractivity contribution in [2.45, 2.75) is 44.1 Å². The van der Waals surface area contributed by atoms with Crippen LogP contribution in [0.2, 0.25) is 0 Å². The Morgan fingerprint density at radius 2 is 2.19 bits per heavy atom. The van der Waals surface area contributed by atoms with Gasteiger partial charge in [0.15, 0.2) is 0 Å². The number of halogens is 1. The highest BCUT2D eigenvalue weighted by Crippen LogP contribution is 2.29. The summed E-state index contributed by atoms with van der Waals surface area (Å²) in [4.78, 5) is 12.0. The SMILES string of the molecule is COc1ccc(CCC(=O)NC2(C#N)CCCC2)cc1Br. The number of methoxy groups -OCH3 is 1. The summed E-state index contributed by atoms with van der Waals surface area (Å²) in [5, 5.41) is 12.2. The largest absolute Gasteiger partial charge is 0.496 e. The summed E-state index contributed by atoms with van der Waals surface area (Å²) in [5.41, 5.74) is 0.438. The van der Waals surface area contributed by atoms with Crippen LogP contribution in [0.15, 0.2) is 22.7 Å². The van der Waals surface area contributed by atoms with E-state index in [2.05, 4.69) is 27.3 Å². The van der Waals surface area contributed by atoms with Crippen LogP contribution in [-0.4, -0.2) is 18.6 Å². The molecule has 5 heteroatoms. The number of carbonyl (C=O) groups is 1. The van der Waals surface area contributed by atoms with Crippen LogP contribution in [0.3, 0.4) is 0 Å². The van der Waals surface area contributed by atoms with Crippen molar-refractivity contribution in [2.24, 2.45) is 0 Å². The Kier molecular flexibility index (Phi) is 5.24. The topological polar surface area (TPSA) is 62.1 Å². The van der Waals surface area contributed by atoms with Crippen molar-refractivity contribution in [3.8, 4) is 11.8 Å². The van der Waals surface area contributed by atoms with Gasteiger partial charge >= 0.3 is 0 Å². The predicted molar refractivity (Wildman–Crippen MR) is 84.0 cm³/mol. The first-order valence-electron chi connectivity index (χ1n) is 7.13. The lowest BCUT2D eigenvalue weighted by Crippen LogP contribution is -2.45. The van der Waals surface area contributed by atoms with Crippen LogP contribution < -0.4 is 10.1 Å². The molecule has 1 N–H and O–H groups in total. The third-order valence-electron chi connectivity index (χ3n) is 3.91. The fraction of sp³-hybridized carbons (Fsp3) is 0.500. The Hall–Kier alpha value is -1.54. The highest BCUT2D eigenvalue weighted by molar-refractivity contribution is 9.10. The van der Waals surface area contributed by atoms with Crippen molar-refractivity contribution in [2.75, 3.05) is 7.11 Å². The van der Waals surface area contributed by atoms with Gasteiger partial charge in [0.1, 0.15) is 11.3 Å². The number of nitrogens with one attached hydrogen (secondary N) is 1. The molecule has 112 valence electrons. The number of hydrogen-bond donors (Lipinski definition) is 1. The van der Waals surface area contributed by atoms with Crippen LogP contribution in [0.1, 0.15) is 37.7 Å². The molecule has 1 aliphatic rings. The van der Waals surface area contributed by atoms with E-state index in [-0.39, 0.29) is 5.91 Å². The maximum atomic E-state index is 12.0. The summed E-state index contributed by atoms with van der Waals surface area (Å²) in [7, 11) is 1.62. The second kappa shape index (κ2) is 6.95. The number of carbonyl (C=O) groups excluding carboxylic acids is 1. The van der Waals surface area contributed by atoms with E-state index in [9.17, 15) is 10.1 Å². The zero-order valence-electron chi connectivity index (χ0n) is 12.1. The molecule has 4 nitrogen and oxygen atoms in total. The van der Waals surface area contributed by atoms with Crippen LogP contribution in [0.4, 0.5) is 0 Å². The first-order valence-corrected chi connectivity index (χ1v) is 7.92. The molecule has 1 saturated carbocycles. The average molecular weight is 351 g/mol. The van der Waals surface area contributed by atoms with Crippen LogP contribution in [0.25, 0.3) is 0 Å². The van der Waals surface area contributed by atoms with E-state index in [1.165, 1.54) is 0 Å². The minimum absolute atomic E-state index is 0.0506. The maximum Gasteiger partial charge on any atom is 0.221 e. The first kappa shape index (κ1) is 15.8. The normalized spacial score (nSPS) is 16.2. The standard InChI is InChI=1S/C16H19BrN2O2/c1-21-14-6-4-12(10-13(14)17)5-7-15(20)19-16(11-18)8-2-3-9-16/h4,6,10H,2-3,5,7-9H2,1H3,(H,19,20). The summed E-state index contributed by atoms with van der Waals surface area (Å²) < 4.78 is 6.06. The molecule has 2 rings (SSSR count). The minimum Gasteiger partial charge on any atom is -0.496 e. The Morgan fingerprint density at radius 1 is 1.48 bits per heavy atom. The number of benzene rings is 1. The zero-order valence-corrected chi connectivity index (χ0v) is 13.7. The van der Waals surface area contributed by atoms with Crippen molar-refractivity contribution >= 4 is 21.8 Å². The Labute approximate surface area is 133 Å². The molecule has 0 heterocycles. The summed E-state index contributed by atoms with van der Waals surface area (Å²) in [6, 6.07) is 8.07. The number of nitrogens with zero attached hydrogens (tertiary/aromatic N) is 1. The number of amides is 1. The number of rotatable bonds is 5. The third-order valence-corrected chi connectivity index (χ3v) is 4.53.